The molecule has 0 amide bonds. The van der Waals surface area contributed by atoms with E-state index in [2.05, 4.69) is 52.9 Å². The van der Waals surface area contributed by atoms with Crippen molar-refractivity contribution in [3.63, 3.8) is 0 Å². The molecule has 2 heterocycles. The van der Waals surface area contributed by atoms with Gasteiger partial charge in [0, 0.05) is 23.7 Å². The molecule has 0 bridgehead atoms. The molecule has 0 radical (unpaired) electrons. The number of fused-ring (bicyclic) bond motifs is 1. The summed E-state index contributed by atoms with van der Waals surface area (Å²) in [4.78, 5) is 4.43. The van der Waals surface area contributed by atoms with Gasteiger partial charge in [0.15, 0.2) is 5.82 Å². The zero-order valence-corrected chi connectivity index (χ0v) is 14.8. The summed E-state index contributed by atoms with van der Waals surface area (Å²) < 4.78 is 7.53. The number of aromatic nitrogens is 4. The number of aryl methyl sites for hydroxylation is 1. The van der Waals surface area contributed by atoms with Crippen LogP contribution in [0.15, 0.2) is 10.7 Å². The Morgan fingerprint density at radius 1 is 1.43 bits per heavy atom. The molecule has 0 saturated carbocycles. The molecule has 0 aliphatic heterocycles. The number of hydrogen-bond donors (Lipinski definition) is 1. The van der Waals surface area contributed by atoms with Crippen molar-refractivity contribution in [2.75, 3.05) is 0 Å². The minimum Gasteiger partial charge on any atom is -0.338 e. The SMILES string of the molecule is CCc1noc([C@@H](C)N[C@@H]2CCCc3c2cnn3C(C)(C)C)n1. The van der Waals surface area contributed by atoms with Crippen molar-refractivity contribution in [2.45, 2.75) is 77.9 Å². The van der Waals surface area contributed by atoms with E-state index in [1.807, 2.05) is 13.1 Å². The molecule has 0 fully saturated rings. The van der Waals surface area contributed by atoms with Gasteiger partial charge in [0.05, 0.1) is 17.8 Å². The molecule has 1 N–H and O–H groups in total. The second-order valence-corrected chi connectivity index (χ2v) is 7.36. The lowest BCUT2D eigenvalue weighted by molar-refractivity contribution is 0.305. The monoisotopic (exact) mass is 317 g/mol. The summed E-state index contributed by atoms with van der Waals surface area (Å²) in [6.07, 6.45) is 6.20. The number of rotatable bonds is 4. The molecule has 1 aliphatic carbocycles. The minimum absolute atomic E-state index is 0.0175. The second kappa shape index (κ2) is 6.07. The summed E-state index contributed by atoms with van der Waals surface area (Å²) >= 11 is 0. The van der Waals surface area contributed by atoms with E-state index in [0.717, 1.165) is 25.1 Å². The van der Waals surface area contributed by atoms with Gasteiger partial charge >= 0.3 is 0 Å². The van der Waals surface area contributed by atoms with Gasteiger partial charge < -0.3 is 4.52 Å². The summed E-state index contributed by atoms with van der Waals surface area (Å²) in [5.41, 5.74) is 2.69. The zero-order chi connectivity index (χ0) is 16.6. The second-order valence-electron chi connectivity index (χ2n) is 7.36. The maximum atomic E-state index is 5.36. The molecule has 0 spiro atoms. The molecule has 2 aromatic heterocycles. The maximum Gasteiger partial charge on any atom is 0.243 e. The Labute approximate surface area is 137 Å². The highest BCUT2D eigenvalue weighted by atomic mass is 16.5. The van der Waals surface area contributed by atoms with Crippen LogP contribution in [-0.4, -0.2) is 19.9 Å². The summed E-state index contributed by atoms with van der Waals surface area (Å²) in [7, 11) is 0. The molecule has 2 atom stereocenters. The van der Waals surface area contributed by atoms with Crippen molar-refractivity contribution in [2.24, 2.45) is 0 Å². The van der Waals surface area contributed by atoms with E-state index in [4.69, 9.17) is 4.52 Å². The molecule has 6 heteroatoms. The highest BCUT2D eigenvalue weighted by Crippen LogP contribution is 2.33. The van der Waals surface area contributed by atoms with Crippen molar-refractivity contribution in [1.82, 2.24) is 25.2 Å². The van der Waals surface area contributed by atoms with Crippen LogP contribution in [0, 0.1) is 0 Å². The Bertz CT molecular complexity index is 667. The van der Waals surface area contributed by atoms with Gasteiger partial charge in [0.2, 0.25) is 5.89 Å². The van der Waals surface area contributed by atoms with Crippen molar-refractivity contribution in [3.8, 4) is 0 Å². The van der Waals surface area contributed by atoms with Gasteiger partial charge in [-0.1, -0.05) is 12.1 Å². The number of nitrogens with zero attached hydrogens (tertiary/aromatic N) is 4. The first-order valence-corrected chi connectivity index (χ1v) is 8.56. The van der Waals surface area contributed by atoms with Crippen LogP contribution >= 0.6 is 0 Å². The topological polar surface area (TPSA) is 68.8 Å². The molecular formula is C17H27N5O. The Kier molecular flexibility index (Phi) is 4.27. The first kappa shape index (κ1) is 16.2. The van der Waals surface area contributed by atoms with Crippen molar-refractivity contribution in [1.29, 1.82) is 0 Å². The van der Waals surface area contributed by atoms with Crippen LogP contribution < -0.4 is 5.32 Å². The maximum absolute atomic E-state index is 5.36. The summed E-state index contributed by atoms with van der Waals surface area (Å²) in [6, 6.07) is 0.332. The molecule has 3 rings (SSSR count). The molecular weight excluding hydrogens is 290 g/mol. The lowest BCUT2D eigenvalue weighted by Gasteiger charge is -2.29. The third-order valence-corrected chi connectivity index (χ3v) is 4.44. The highest BCUT2D eigenvalue weighted by Gasteiger charge is 2.29. The molecule has 0 aromatic carbocycles. The van der Waals surface area contributed by atoms with E-state index in [9.17, 15) is 0 Å². The summed E-state index contributed by atoms with van der Waals surface area (Å²) in [6.45, 7) is 10.7. The normalized spacial score (nSPS) is 19.6. The van der Waals surface area contributed by atoms with Crippen LogP contribution in [0.4, 0.5) is 0 Å². The predicted molar refractivity (Wildman–Crippen MR) is 88.1 cm³/mol. The fraction of sp³-hybridized carbons (Fsp3) is 0.706. The molecule has 126 valence electrons. The molecule has 0 unspecified atom stereocenters. The van der Waals surface area contributed by atoms with Crippen LogP contribution in [0.3, 0.4) is 0 Å². The Morgan fingerprint density at radius 2 is 2.22 bits per heavy atom. The van der Waals surface area contributed by atoms with Gasteiger partial charge in [-0.05, 0) is 47.0 Å². The average molecular weight is 317 g/mol. The van der Waals surface area contributed by atoms with Crippen molar-refractivity contribution in [3.05, 3.63) is 29.2 Å². The number of nitrogens with one attached hydrogen (secondary N) is 1. The van der Waals surface area contributed by atoms with E-state index in [0.29, 0.717) is 11.9 Å². The molecule has 2 aromatic rings. The van der Waals surface area contributed by atoms with Gasteiger partial charge in [-0.25, -0.2) is 0 Å². The standard InChI is InChI=1S/C17H27N5O/c1-6-15-20-16(23-21-15)11(2)19-13-8-7-9-14-12(13)10-18-22(14)17(3,4)5/h10-11,13,19H,6-9H2,1-5H3/t11-,13-/m1/s1. The first-order chi connectivity index (χ1) is 10.9. The molecule has 23 heavy (non-hydrogen) atoms. The highest BCUT2D eigenvalue weighted by molar-refractivity contribution is 5.26. The summed E-state index contributed by atoms with van der Waals surface area (Å²) in [5.74, 6) is 1.43. The van der Waals surface area contributed by atoms with Gasteiger partial charge in [0.25, 0.3) is 0 Å². The summed E-state index contributed by atoms with van der Waals surface area (Å²) in [5, 5.41) is 12.3. The van der Waals surface area contributed by atoms with Crippen LogP contribution in [0.5, 0.6) is 0 Å². The fourth-order valence-electron chi connectivity index (χ4n) is 3.27. The molecule has 6 nitrogen and oxygen atoms in total. The molecule has 0 saturated heterocycles. The van der Waals surface area contributed by atoms with E-state index in [1.165, 1.54) is 17.7 Å². The largest absolute Gasteiger partial charge is 0.338 e. The van der Waals surface area contributed by atoms with E-state index < -0.39 is 0 Å². The zero-order valence-electron chi connectivity index (χ0n) is 14.8. The average Bonchev–Trinajstić information content (AvgIpc) is 3.13. The quantitative estimate of drug-likeness (QED) is 0.937. The lowest BCUT2D eigenvalue weighted by Crippen LogP contribution is -2.30. The third kappa shape index (κ3) is 3.17. The smallest absolute Gasteiger partial charge is 0.243 e. The van der Waals surface area contributed by atoms with Crippen LogP contribution in [0.25, 0.3) is 0 Å². The number of hydrogen-bond acceptors (Lipinski definition) is 5. The van der Waals surface area contributed by atoms with E-state index in [1.54, 1.807) is 0 Å². The van der Waals surface area contributed by atoms with Crippen LogP contribution in [0.2, 0.25) is 0 Å². The van der Waals surface area contributed by atoms with E-state index >= 15 is 0 Å². The minimum atomic E-state index is 0.0175. The Hall–Kier alpha value is -1.69. The predicted octanol–water partition coefficient (Wildman–Crippen LogP) is 3.31. The van der Waals surface area contributed by atoms with Gasteiger partial charge in [-0.15, -0.1) is 0 Å². The van der Waals surface area contributed by atoms with E-state index in [-0.39, 0.29) is 11.6 Å². The van der Waals surface area contributed by atoms with Gasteiger partial charge in [-0.2, -0.15) is 10.1 Å². The molecule has 1 aliphatic rings. The Balaban J connectivity index is 1.79. The van der Waals surface area contributed by atoms with Crippen LogP contribution in [0.1, 0.15) is 82.5 Å². The van der Waals surface area contributed by atoms with Gasteiger partial charge in [-0.3, -0.25) is 10.00 Å². The van der Waals surface area contributed by atoms with Crippen LogP contribution in [-0.2, 0) is 18.4 Å². The van der Waals surface area contributed by atoms with Gasteiger partial charge in [0.1, 0.15) is 0 Å². The third-order valence-electron chi connectivity index (χ3n) is 4.44. The fourth-order valence-corrected chi connectivity index (χ4v) is 3.27. The van der Waals surface area contributed by atoms with Crippen molar-refractivity contribution < 1.29 is 4.52 Å². The van der Waals surface area contributed by atoms with Crippen molar-refractivity contribution >= 4 is 0 Å². The lowest BCUT2D eigenvalue weighted by atomic mass is 9.91. The Morgan fingerprint density at radius 3 is 2.87 bits per heavy atom. The first-order valence-electron chi connectivity index (χ1n) is 8.56.